The highest BCUT2D eigenvalue weighted by molar-refractivity contribution is 5.95. The van der Waals surface area contributed by atoms with E-state index in [2.05, 4.69) is 15.3 Å². The fourth-order valence-electron chi connectivity index (χ4n) is 2.59. The SMILES string of the molecule is COC(=O)c1cn(CCn2nc(C)cc2C)cc2c(=O)[nH]nc1-2. The molecule has 0 saturated carbocycles. The fourth-order valence-corrected chi connectivity index (χ4v) is 2.59. The summed E-state index contributed by atoms with van der Waals surface area (Å²) in [7, 11) is 1.30. The maximum absolute atomic E-state index is 11.9. The zero-order valence-electron chi connectivity index (χ0n) is 13.2. The fraction of sp³-hybridized carbons (Fsp3) is 0.333. The number of hydrogen-bond donors (Lipinski definition) is 1. The number of pyridine rings is 1. The van der Waals surface area contributed by atoms with Gasteiger partial charge in [0.05, 0.1) is 24.9 Å². The van der Waals surface area contributed by atoms with Crippen molar-refractivity contribution in [2.75, 3.05) is 7.11 Å². The second-order valence-electron chi connectivity index (χ2n) is 5.37. The highest BCUT2D eigenvalue weighted by Gasteiger charge is 2.21. The van der Waals surface area contributed by atoms with Gasteiger partial charge in [0, 0.05) is 24.6 Å². The average molecular weight is 315 g/mol. The molecule has 0 atom stereocenters. The van der Waals surface area contributed by atoms with E-state index in [1.807, 2.05) is 24.6 Å². The van der Waals surface area contributed by atoms with Gasteiger partial charge in [-0.05, 0) is 19.9 Å². The first kappa shape index (κ1) is 15.0. The number of methoxy groups -OCH3 is 1. The highest BCUT2D eigenvalue weighted by atomic mass is 16.5. The van der Waals surface area contributed by atoms with Crippen LogP contribution < -0.4 is 5.56 Å². The van der Waals surface area contributed by atoms with E-state index >= 15 is 0 Å². The summed E-state index contributed by atoms with van der Waals surface area (Å²) in [6, 6.07) is 2.00. The standard InChI is InChI=1S/C15H17N5O3/c1-9-6-10(2)20(18-9)5-4-19-7-11-13(16-17-14(11)21)12(8-19)15(22)23-3/h6-8H,4-5H2,1-3H3,(H,17,21). The Morgan fingerprint density at radius 3 is 2.74 bits per heavy atom. The first-order valence-corrected chi connectivity index (χ1v) is 7.17. The van der Waals surface area contributed by atoms with Gasteiger partial charge in [0.2, 0.25) is 0 Å². The van der Waals surface area contributed by atoms with Crippen molar-refractivity contribution in [3.8, 4) is 11.3 Å². The van der Waals surface area contributed by atoms with Crippen molar-refractivity contribution >= 4 is 5.97 Å². The predicted octanol–water partition coefficient (Wildman–Crippen LogP) is 0.976. The third-order valence-corrected chi connectivity index (χ3v) is 3.69. The quantitative estimate of drug-likeness (QED) is 0.724. The summed E-state index contributed by atoms with van der Waals surface area (Å²) in [5.41, 5.74) is 2.63. The monoisotopic (exact) mass is 315 g/mol. The Balaban J connectivity index is 1.95. The Kier molecular flexibility index (Phi) is 3.73. The van der Waals surface area contributed by atoms with Crippen LogP contribution in [0.1, 0.15) is 21.7 Å². The molecular weight excluding hydrogens is 298 g/mol. The molecule has 0 spiro atoms. The number of aromatic nitrogens is 5. The molecule has 3 rings (SSSR count). The topological polar surface area (TPSA) is 94.8 Å². The van der Waals surface area contributed by atoms with Crippen LogP contribution in [0.3, 0.4) is 0 Å². The number of hydrogen-bond acceptors (Lipinski definition) is 5. The van der Waals surface area contributed by atoms with Crippen LogP contribution in [-0.4, -0.2) is 37.6 Å². The van der Waals surface area contributed by atoms with Gasteiger partial charge < -0.3 is 9.30 Å². The Morgan fingerprint density at radius 1 is 1.30 bits per heavy atom. The van der Waals surface area contributed by atoms with Crippen molar-refractivity contribution in [2.24, 2.45) is 0 Å². The number of ether oxygens (including phenoxy) is 1. The normalized spacial score (nSPS) is 11.1. The zero-order valence-corrected chi connectivity index (χ0v) is 13.2. The maximum Gasteiger partial charge on any atom is 0.341 e. The van der Waals surface area contributed by atoms with Crippen molar-refractivity contribution in [3.05, 3.63) is 45.8 Å². The summed E-state index contributed by atoms with van der Waals surface area (Å²) in [5, 5.41) is 10.7. The molecule has 0 unspecified atom stereocenters. The summed E-state index contributed by atoms with van der Waals surface area (Å²) < 4.78 is 8.43. The van der Waals surface area contributed by atoms with Gasteiger partial charge in [-0.15, -0.1) is 0 Å². The molecule has 8 heteroatoms. The minimum absolute atomic E-state index is 0.261. The number of aromatic amines is 1. The molecule has 2 aliphatic heterocycles. The number of carbonyl (C=O) groups is 1. The molecule has 0 aliphatic carbocycles. The van der Waals surface area contributed by atoms with Crippen molar-refractivity contribution < 1.29 is 9.53 Å². The van der Waals surface area contributed by atoms with Crippen LogP contribution in [0.25, 0.3) is 11.3 Å². The molecule has 23 heavy (non-hydrogen) atoms. The number of esters is 1. The van der Waals surface area contributed by atoms with Crippen LogP contribution in [0.15, 0.2) is 23.3 Å². The second-order valence-corrected chi connectivity index (χ2v) is 5.37. The van der Waals surface area contributed by atoms with Crippen LogP contribution in [0.4, 0.5) is 0 Å². The van der Waals surface area contributed by atoms with Crippen molar-refractivity contribution in [2.45, 2.75) is 26.9 Å². The molecule has 0 fully saturated rings. The van der Waals surface area contributed by atoms with Gasteiger partial charge in [0.15, 0.2) is 0 Å². The number of H-pyrrole nitrogens is 1. The Morgan fingerprint density at radius 2 is 2.09 bits per heavy atom. The van der Waals surface area contributed by atoms with E-state index in [0.717, 1.165) is 11.4 Å². The number of nitrogens with zero attached hydrogens (tertiary/aromatic N) is 4. The average Bonchev–Trinajstić information content (AvgIpc) is 3.06. The zero-order chi connectivity index (χ0) is 16.6. The van der Waals surface area contributed by atoms with Crippen molar-refractivity contribution in [1.82, 2.24) is 24.5 Å². The molecule has 1 aromatic heterocycles. The molecule has 0 radical (unpaired) electrons. The molecular formula is C15H17N5O3. The van der Waals surface area contributed by atoms with Crippen LogP contribution in [-0.2, 0) is 17.8 Å². The summed E-state index contributed by atoms with van der Waals surface area (Å²) in [5.74, 6) is -0.526. The predicted molar refractivity (Wildman–Crippen MR) is 82.5 cm³/mol. The minimum Gasteiger partial charge on any atom is -0.465 e. The van der Waals surface area contributed by atoms with Crippen LogP contribution in [0.2, 0.25) is 0 Å². The van der Waals surface area contributed by atoms with Gasteiger partial charge in [-0.1, -0.05) is 0 Å². The third kappa shape index (κ3) is 2.75. The van der Waals surface area contributed by atoms with E-state index in [4.69, 9.17) is 4.74 Å². The number of rotatable bonds is 4. The van der Waals surface area contributed by atoms with E-state index in [-0.39, 0.29) is 11.1 Å². The largest absolute Gasteiger partial charge is 0.465 e. The number of fused-ring (bicyclic) bond motifs is 1. The van der Waals surface area contributed by atoms with Gasteiger partial charge in [-0.3, -0.25) is 9.48 Å². The second kappa shape index (κ2) is 5.71. The van der Waals surface area contributed by atoms with E-state index in [1.54, 1.807) is 17.0 Å². The lowest BCUT2D eigenvalue weighted by molar-refractivity contribution is 0.0600. The number of nitrogens with one attached hydrogen (secondary N) is 1. The maximum atomic E-state index is 11.9. The van der Waals surface area contributed by atoms with Gasteiger partial charge >= 0.3 is 5.97 Å². The summed E-state index contributed by atoms with van der Waals surface area (Å²) in [6.07, 6.45) is 3.32. The van der Waals surface area contributed by atoms with E-state index in [0.29, 0.717) is 24.3 Å². The van der Waals surface area contributed by atoms with Crippen molar-refractivity contribution in [3.63, 3.8) is 0 Å². The number of carbonyl (C=O) groups excluding carboxylic acids is 1. The summed E-state index contributed by atoms with van der Waals surface area (Å²) in [4.78, 5) is 23.7. The van der Waals surface area contributed by atoms with Crippen LogP contribution in [0.5, 0.6) is 0 Å². The van der Waals surface area contributed by atoms with E-state index < -0.39 is 5.97 Å². The van der Waals surface area contributed by atoms with E-state index in [1.165, 1.54) is 7.11 Å². The molecule has 0 saturated heterocycles. The van der Waals surface area contributed by atoms with Gasteiger partial charge in [0.25, 0.3) is 5.56 Å². The third-order valence-electron chi connectivity index (χ3n) is 3.69. The minimum atomic E-state index is -0.526. The lowest BCUT2D eigenvalue weighted by Crippen LogP contribution is -2.15. The molecule has 0 aromatic carbocycles. The highest BCUT2D eigenvalue weighted by Crippen LogP contribution is 2.20. The molecule has 8 nitrogen and oxygen atoms in total. The summed E-state index contributed by atoms with van der Waals surface area (Å²) in [6.45, 7) is 5.11. The van der Waals surface area contributed by atoms with Crippen LogP contribution >= 0.6 is 0 Å². The molecule has 0 bridgehead atoms. The first-order valence-electron chi connectivity index (χ1n) is 7.17. The van der Waals surface area contributed by atoms with Gasteiger partial charge in [0.1, 0.15) is 11.3 Å². The Hall–Kier alpha value is -2.90. The first-order chi connectivity index (χ1) is 11.0. The lowest BCUT2D eigenvalue weighted by atomic mass is 10.1. The molecule has 120 valence electrons. The van der Waals surface area contributed by atoms with Gasteiger partial charge in [-0.2, -0.15) is 10.2 Å². The van der Waals surface area contributed by atoms with Crippen molar-refractivity contribution in [1.29, 1.82) is 0 Å². The van der Waals surface area contributed by atoms with Crippen LogP contribution in [0, 0.1) is 13.8 Å². The lowest BCUT2D eigenvalue weighted by Gasteiger charge is -2.12. The molecule has 3 heterocycles. The number of aryl methyl sites for hydroxylation is 4. The Labute approximate surface area is 132 Å². The van der Waals surface area contributed by atoms with E-state index in [9.17, 15) is 9.59 Å². The molecule has 0 amide bonds. The summed E-state index contributed by atoms with van der Waals surface area (Å²) >= 11 is 0. The smallest absolute Gasteiger partial charge is 0.341 e. The Bertz CT molecular complexity index is 889. The molecule has 2 aliphatic rings. The van der Waals surface area contributed by atoms with Gasteiger partial charge in [-0.25, -0.2) is 9.89 Å². The molecule has 1 aromatic rings. The molecule has 1 N–H and O–H groups in total.